The number of hydrogen-bond acceptors (Lipinski definition) is 5. The molecule has 82 valence electrons. The van der Waals surface area contributed by atoms with Gasteiger partial charge in [0.2, 0.25) is 5.82 Å². The van der Waals surface area contributed by atoms with Crippen molar-refractivity contribution in [2.24, 2.45) is 0 Å². The SMILES string of the molecule is CCNc1cc(CC)nc(C(=O)OC)n1. The van der Waals surface area contributed by atoms with E-state index < -0.39 is 5.97 Å². The molecule has 1 N–H and O–H groups in total. The molecule has 0 fully saturated rings. The Morgan fingerprint density at radius 1 is 1.47 bits per heavy atom. The molecule has 1 aromatic heterocycles. The summed E-state index contributed by atoms with van der Waals surface area (Å²) in [7, 11) is 1.32. The second-order valence-corrected chi connectivity index (χ2v) is 2.94. The summed E-state index contributed by atoms with van der Waals surface area (Å²) in [4.78, 5) is 19.4. The van der Waals surface area contributed by atoms with Crippen LogP contribution in [-0.2, 0) is 11.2 Å². The first-order valence-electron chi connectivity index (χ1n) is 4.91. The molecule has 5 nitrogen and oxygen atoms in total. The highest BCUT2D eigenvalue weighted by molar-refractivity contribution is 5.85. The average molecular weight is 209 g/mol. The molecule has 0 aliphatic rings. The smallest absolute Gasteiger partial charge is 0.376 e. The molecular formula is C10H15N3O2. The summed E-state index contributed by atoms with van der Waals surface area (Å²) in [6, 6.07) is 1.83. The molecular weight excluding hydrogens is 194 g/mol. The van der Waals surface area contributed by atoms with Crippen LogP contribution in [0.15, 0.2) is 6.07 Å². The highest BCUT2D eigenvalue weighted by atomic mass is 16.5. The van der Waals surface area contributed by atoms with Gasteiger partial charge < -0.3 is 10.1 Å². The van der Waals surface area contributed by atoms with Crippen LogP contribution in [0.5, 0.6) is 0 Å². The Labute approximate surface area is 88.9 Å². The molecule has 0 unspecified atom stereocenters. The number of methoxy groups -OCH3 is 1. The summed E-state index contributed by atoms with van der Waals surface area (Å²) < 4.78 is 4.58. The Balaban J connectivity index is 3.05. The monoisotopic (exact) mass is 209 g/mol. The molecule has 5 heteroatoms. The van der Waals surface area contributed by atoms with Gasteiger partial charge in [0.25, 0.3) is 0 Å². The van der Waals surface area contributed by atoms with Crippen molar-refractivity contribution in [2.75, 3.05) is 19.0 Å². The fourth-order valence-corrected chi connectivity index (χ4v) is 1.13. The largest absolute Gasteiger partial charge is 0.463 e. The lowest BCUT2D eigenvalue weighted by atomic mass is 10.3. The highest BCUT2D eigenvalue weighted by Crippen LogP contribution is 2.08. The molecule has 1 heterocycles. The fourth-order valence-electron chi connectivity index (χ4n) is 1.13. The Morgan fingerprint density at radius 2 is 2.20 bits per heavy atom. The standard InChI is InChI=1S/C10H15N3O2/c1-4-7-6-8(11-5-2)13-9(12-7)10(14)15-3/h6H,4-5H2,1-3H3,(H,11,12,13). The van der Waals surface area contributed by atoms with Gasteiger partial charge in [0, 0.05) is 18.3 Å². The summed E-state index contributed by atoms with van der Waals surface area (Å²) in [5, 5.41) is 3.04. The van der Waals surface area contributed by atoms with Gasteiger partial charge in [-0.1, -0.05) is 6.92 Å². The first kappa shape index (κ1) is 11.4. The van der Waals surface area contributed by atoms with Crippen molar-refractivity contribution < 1.29 is 9.53 Å². The lowest BCUT2D eigenvalue weighted by Gasteiger charge is -2.06. The van der Waals surface area contributed by atoms with E-state index in [1.807, 2.05) is 19.9 Å². The molecule has 0 atom stereocenters. The quantitative estimate of drug-likeness (QED) is 0.756. The zero-order valence-electron chi connectivity index (χ0n) is 9.20. The number of hydrogen-bond donors (Lipinski definition) is 1. The number of nitrogens with zero attached hydrogens (tertiary/aromatic N) is 2. The summed E-state index contributed by atoms with van der Waals surface area (Å²) in [6.07, 6.45) is 0.755. The van der Waals surface area contributed by atoms with Crippen LogP contribution in [0.4, 0.5) is 5.82 Å². The Morgan fingerprint density at radius 3 is 2.73 bits per heavy atom. The van der Waals surface area contributed by atoms with Crippen molar-refractivity contribution in [3.63, 3.8) is 0 Å². The van der Waals surface area contributed by atoms with Crippen molar-refractivity contribution in [1.82, 2.24) is 9.97 Å². The minimum absolute atomic E-state index is 0.104. The fraction of sp³-hybridized carbons (Fsp3) is 0.500. The van der Waals surface area contributed by atoms with Crippen molar-refractivity contribution in [3.05, 3.63) is 17.6 Å². The van der Waals surface area contributed by atoms with Gasteiger partial charge in [-0.25, -0.2) is 14.8 Å². The van der Waals surface area contributed by atoms with E-state index in [9.17, 15) is 4.79 Å². The third-order valence-corrected chi connectivity index (χ3v) is 1.87. The zero-order valence-corrected chi connectivity index (χ0v) is 9.20. The number of anilines is 1. The normalized spacial score (nSPS) is 9.80. The Bertz CT molecular complexity index is 353. The predicted molar refractivity (Wildman–Crippen MR) is 56.9 cm³/mol. The number of nitrogens with one attached hydrogen (secondary N) is 1. The van der Waals surface area contributed by atoms with Crippen molar-refractivity contribution >= 4 is 11.8 Å². The minimum Gasteiger partial charge on any atom is -0.463 e. The topological polar surface area (TPSA) is 64.1 Å². The molecule has 0 aliphatic carbocycles. The Kier molecular flexibility index (Phi) is 4.03. The van der Waals surface area contributed by atoms with E-state index in [2.05, 4.69) is 20.0 Å². The third kappa shape index (κ3) is 2.90. The third-order valence-electron chi connectivity index (χ3n) is 1.87. The van der Waals surface area contributed by atoms with Crippen LogP contribution in [-0.4, -0.2) is 29.6 Å². The molecule has 0 bridgehead atoms. The average Bonchev–Trinajstić information content (AvgIpc) is 2.28. The number of esters is 1. The zero-order chi connectivity index (χ0) is 11.3. The van der Waals surface area contributed by atoms with Crippen molar-refractivity contribution in [3.8, 4) is 0 Å². The van der Waals surface area contributed by atoms with Gasteiger partial charge in [-0.15, -0.1) is 0 Å². The van der Waals surface area contributed by atoms with Crippen molar-refractivity contribution in [2.45, 2.75) is 20.3 Å². The number of ether oxygens (including phenoxy) is 1. The van der Waals surface area contributed by atoms with E-state index in [-0.39, 0.29) is 5.82 Å². The van der Waals surface area contributed by atoms with Crippen molar-refractivity contribution in [1.29, 1.82) is 0 Å². The van der Waals surface area contributed by atoms with Crippen LogP contribution in [0.3, 0.4) is 0 Å². The second-order valence-electron chi connectivity index (χ2n) is 2.94. The predicted octanol–water partition coefficient (Wildman–Crippen LogP) is 1.26. The number of aryl methyl sites for hydroxylation is 1. The van der Waals surface area contributed by atoms with E-state index in [0.29, 0.717) is 5.82 Å². The molecule has 1 aromatic rings. The van der Waals surface area contributed by atoms with Gasteiger partial charge in [-0.3, -0.25) is 0 Å². The van der Waals surface area contributed by atoms with Gasteiger partial charge in [0.05, 0.1) is 7.11 Å². The van der Waals surface area contributed by atoms with Gasteiger partial charge in [-0.2, -0.15) is 0 Å². The Hall–Kier alpha value is -1.65. The molecule has 1 rings (SSSR count). The number of aromatic nitrogens is 2. The molecule has 0 saturated carbocycles. The highest BCUT2D eigenvalue weighted by Gasteiger charge is 2.11. The van der Waals surface area contributed by atoms with Crippen LogP contribution >= 0.6 is 0 Å². The first-order valence-corrected chi connectivity index (χ1v) is 4.91. The molecule has 15 heavy (non-hydrogen) atoms. The van der Waals surface area contributed by atoms with E-state index >= 15 is 0 Å². The molecule has 0 saturated heterocycles. The van der Waals surface area contributed by atoms with Gasteiger partial charge in [0.1, 0.15) is 5.82 Å². The van der Waals surface area contributed by atoms with Gasteiger partial charge in [-0.05, 0) is 13.3 Å². The van der Waals surface area contributed by atoms with Crippen LogP contribution in [0, 0.1) is 0 Å². The van der Waals surface area contributed by atoms with E-state index in [1.165, 1.54) is 7.11 Å². The molecule has 0 aliphatic heterocycles. The lowest BCUT2D eigenvalue weighted by Crippen LogP contribution is -2.11. The maximum Gasteiger partial charge on any atom is 0.376 e. The van der Waals surface area contributed by atoms with E-state index in [0.717, 1.165) is 18.7 Å². The summed E-state index contributed by atoms with van der Waals surface area (Å²) >= 11 is 0. The number of carbonyl (C=O) groups is 1. The molecule has 0 aromatic carbocycles. The van der Waals surface area contributed by atoms with Crippen LogP contribution in [0.2, 0.25) is 0 Å². The van der Waals surface area contributed by atoms with E-state index in [4.69, 9.17) is 0 Å². The number of rotatable bonds is 4. The summed E-state index contributed by atoms with van der Waals surface area (Å²) in [5.74, 6) is 0.252. The van der Waals surface area contributed by atoms with Gasteiger partial charge in [0.15, 0.2) is 0 Å². The minimum atomic E-state index is -0.510. The first-order chi connectivity index (χ1) is 7.21. The van der Waals surface area contributed by atoms with Gasteiger partial charge >= 0.3 is 5.97 Å². The van der Waals surface area contributed by atoms with E-state index in [1.54, 1.807) is 0 Å². The molecule has 0 spiro atoms. The lowest BCUT2D eigenvalue weighted by molar-refractivity contribution is 0.0586. The maximum absolute atomic E-state index is 11.3. The number of carbonyl (C=O) groups excluding carboxylic acids is 1. The van der Waals surface area contributed by atoms with Crippen LogP contribution < -0.4 is 5.32 Å². The summed E-state index contributed by atoms with van der Waals surface area (Å²) in [5.41, 5.74) is 0.821. The molecule has 0 radical (unpaired) electrons. The second kappa shape index (κ2) is 5.29. The molecule has 0 amide bonds. The maximum atomic E-state index is 11.3. The van der Waals surface area contributed by atoms with Crippen LogP contribution in [0.1, 0.15) is 30.2 Å². The summed E-state index contributed by atoms with van der Waals surface area (Å²) in [6.45, 7) is 4.69. The van der Waals surface area contributed by atoms with Crippen LogP contribution in [0.25, 0.3) is 0 Å².